The van der Waals surface area contributed by atoms with E-state index in [1.54, 1.807) is 0 Å². The van der Waals surface area contributed by atoms with E-state index < -0.39 is 0 Å². The second kappa shape index (κ2) is 4.86. The van der Waals surface area contributed by atoms with Gasteiger partial charge in [0.15, 0.2) is 0 Å². The lowest BCUT2D eigenvalue weighted by Crippen LogP contribution is -2.06. The van der Waals surface area contributed by atoms with Gasteiger partial charge in [0.1, 0.15) is 10.5 Å². The smallest absolute Gasteiger partial charge is 0.130 e. The van der Waals surface area contributed by atoms with Crippen LogP contribution in [0.25, 0.3) is 0 Å². The Morgan fingerprint density at radius 1 is 1.67 bits per heavy atom. The van der Waals surface area contributed by atoms with Crippen molar-refractivity contribution in [1.29, 1.82) is 0 Å². The van der Waals surface area contributed by atoms with Crippen molar-refractivity contribution in [3.8, 4) is 0 Å². The lowest BCUT2D eigenvalue weighted by Gasteiger charge is -2.09. The molecule has 0 aliphatic carbocycles. The van der Waals surface area contributed by atoms with E-state index in [0.29, 0.717) is 10.6 Å². The van der Waals surface area contributed by atoms with Gasteiger partial charge in [0.05, 0.1) is 6.61 Å². The highest BCUT2D eigenvalue weighted by Gasteiger charge is 2.19. The highest BCUT2D eigenvalue weighted by atomic mass is 32.1. The van der Waals surface area contributed by atoms with Gasteiger partial charge in [0.2, 0.25) is 0 Å². The Balaban J connectivity index is 2.26. The van der Waals surface area contributed by atoms with E-state index in [-0.39, 0.29) is 0 Å². The molecule has 4 heteroatoms. The first-order chi connectivity index (χ1) is 7.29. The first kappa shape index (κ1) is 10.8. The maximum absolute atomic E-state index is 5.36. The standard InChI is InChI=1S/C11H16N2OS/c1-2-3-9-6-10(15)13-11(12-9)8-4-5-14-7-8/h6,8H,2-5,7H2,1H3,(H,12,13,15). The Morgan fingerprint density at radius 2 is 2.53 bits per heavy atom. The molecular weight excluding hydrogens is 208 g/mol. The molecule has 1 fully saturated rings. The Bertz CT molecular complexity index is 382. The van der Waals surface area contributed by atoms with Gasteiger partial charge >= 0.3 is 0 Å². The van der Waals surface area contributed by atoms with Crippen LogP contribution in [0, 0.1) is 4.64 Å². The van der Waals surface area contributed by atoms with E-state index in [0.717, 1.165) is 38.3 Å². The summed E-state index contributed by atoms with van der Waals surface area (Å²) in [4.78, 5) is 7.75. The molecule has 1 aromatic heterocycles. The molecule has 0 spiro atoms. The van der Waals surface area contributed by atoms with Crippen LogP contribution in [0.1, 0.15) is 37.2 Å². The Hall–Kier alpha value is -0.740. The summed E-state index contributed by atoms with van der Waals surface area (Å²) in [5.74, 6) is 1.41. The van der Waals surface area contributed by atoms with Gasteiger partial charge in [-0.25, -0.2) is 4.98 Å². The number of hydrogen-bond acceptors (Lipinski definition) is 3. The first-order valence-electron chi connectivity index (χ1n) is 5.47. The number of ether oxygens (including phenoxy) is 1. The first-order valence-corrected chi connectivity index (χ1v) is 5.88. The third kappa shape index (κ3) is 2.63. The number of hydrogen-bond donors (Lipinski definition) is 1. The summed E-state index contributed by atoms with van der Waals surface area (Å²) in [6, 6.07) is 1.96. The minimum atomic E-state index is 0.406. The summed E-state index contributed by atoms with van der Waals surface area (Å²) in [6.07, 6.45) is 3.20. The van der Waals surface area contributed by atoms with Gasteiger partial charge in [-0.3, -0.25) is 0 Å². The summed E-state index contributed by atoms with van der Waals surface area (Å²) in [7, 11) is 0. The molecule has 0 radical (unpaired) electrons. The minimum absolute atomic E-state index is 0.406. The lowest BCUT2D eigenvalue weighted by atomic mass is 10.1. The SMILES string of the molecule is CCCc1cc(=S)nc(C2CCOC2)[nH]1. The summed E-state index contributed by atoms with van der Waals surface area (Å²) < 4.78 is 6.05. The predicted octanol–water partition coefficient (Wildman–Crippen LogP) is 2.60. The zero-order chi connectivity index (χ0) is 10.7. The Labute approximate surface area is 94.9 Å². The highest BCUT2D eigenvalue weighted by Crippen LogP contribution is 2.22. The highest BCUT2D eigenvalue weighted by molar-refractivity contribution is 7.71. The van der Waals surface area contributed by atoms with Crippen molar-refractivity contribution in [1.82, 2.24) is 9.97 Å². The van der Waals surface area contributed by atoms with Crippen LogP contribution in [0.3, 0.4) is 0 Å². The van der Waals surface area contributed by atoms with Crippen LogP contribution in [-0.4, -0.2) is 23.2 Å². The molecule has 1 aliphatic heterocycles. The largest absolute Gasteiger partial charge is 0.381 e. The number of aromatic nitrogens is 2. The van der Waals surface area contributed by atoms with E-state index in [2.05, 4.69) is 16.9 Å². The van der Waals surface area contributed by atoms with Gasteiger partial charge < -0.3 is 9.72 Å². The average Bonchev–Trinajstić information content (AvgIpc) is 2.70. The summed E-state index contributed by atoms with van der Waals surface area (Å²) in [6.45, 7) is 3.77. The molecule has 1 aliphatic rings. The van der Waals surface area contributed by atoms with Gasteiger partial charge in [-0.1, -0.05) is 25.6 Å². The fourth-order valence-electron chi connectivity index (χ4n) is 1.88. The maximum atomic E-state index is 5.36. The van der Waals surface area contributed by atoms with E-state index in [4.69, 9.17) is 17.0 Å². The summed E-state index contributed by atoms with van der Waals surface area (Å²) in [5, 5.41) is 0. The second-order valence-corrected chi connectivity index (χ2v) is 4.36. The zero-order valence-corrected chi connectivity index (χ0v) is 9.77. The molecule has 0 saturated carbocycles. The van der Waals surface area contributed by atoms with Crippen LogP contribution < -0.4 is 0 Å². The third-order valence-electron chi connectivity index (χ3n) is 2.65. The van der Waals surface area contributed by atoms with Crippen molar-refractivity contribution >= 4 is 12.2 Å². The summed E-state index contributed by atoms with van der Waals surface area (Å²) >= 11 is 5.16. The quantitative estimate of drug-likeness (QED) is 0.802. The number of H-pyrrole nitrogens is 1. The third-order valence-corrected chi connectivity index (χ3v) is 2.86. The van der Waals surface area contributed by atoms with Crippen molar-refractivity contribution in [2.45, 2.75) is 32.1 Å². The Kier molecular flexibility index (Phi) is 3.49. The molecule has 1 saturated heterocycles. The molecule has 15 heavy (non-hydrogen) atoms. The van der Waals surface area contributed by atoms with Crippen molar-refractivity contribution in [3.63, 3.8) is 0 Å². The summed E-state index contributed by atoms with van der Waals surface area (Å²) in [5.41, 5.74) is 1.19. The molecule has 0 aromatic carbocycles. The number of rotatable bonds is 3. The van der Waals surface area contributed by atoms with Gasteiger partial charge in [-0.05, 0) is 18.9 Å². The molecule has 0 amide bonds. The lowest BCUT2D eigenvalue weighted by molar-refractivity contribution is 0.193. The van der Waals surface area contributed by atoms with Crippen molar-refractivity contribution in [3.05, 3.63) is 22.2 Å². The van der Waals surface area contributed by atoms with Crippen molar-refractivity contribution < 1.29 is 4.74 Å². The monoisotopic (exact) mass is 224 g/mol. The van der Waals surface area contributed by atoms with E-state index in [9.17, 15) is 0 Å². The van der Waals surface area contributed by atoms with Gasteiger partial charge in [-0.2, -0.15) is 0 Å². The van der Waals surface area contributed by atoms with E-state index in [1.807, 2.05) is 6.07 Å². The minimum Gasteiger partial charge on any atom is -0.381 e. The molecule has 1 atom stereocenters. The van der Waals surface area contributed by atoms with Crippen molar-refractivity contribution in [2.24, 2.45) is 0 Å². The molecule has 2 rings (SSSR count). The van der Waals surface area contributed by atoms with Gasteiger partial charge in [0.25, 0.3) is 0 Å². The molecule has 1 aromatic rings. The van der Waals surface area contributed by atoms with Crippen LogP contribution >= 0.6 is 12.2 Å². The van der Waals surface area contributed by atoms with Crippen molar-refractivity contribution in [2.75, 3.05) is 13.2 Å². The number of aryl methyl sites for hydroxylation is 1. The fourth-order valence-corrected chi connectivity index (χ4v) is 2.12. The fraction of sp³-hybridized carbons (Fsp3) is 0.636. The molecule has 1 N–H and O–H groups in total. The zero-order valence-electron chi connectivity index (χ0n) is 8.95. The predicted molar refractivity (Wildman–Crippen MR) is 61.6 cm³/mol. The Morgan fingerprint density at radius 3 is 3.20 bits per heavy atom. The topological polar surface area (TPSA) is 37.9 Å². The second-order valence-electron chi connectivity index (χ2n) is 3.94. The average molecular weight is 224 g/mol. The number of nitrogens with one attached hydrogen (secondary N) is 1. The van der Waals surface area contributed by atoms with E-state index in [1.165, 1.54) is 5.69 Å². The molecular formula is C11H16N2OS. The molecule has 1 unspecified atom stereocenters. The normalized spacial score (nSPS) is 20.7. The molecule has 2 heterocycles. The van der Waals surface area contributed by atoms with Crippen LogP contribution in [0.5, 0.6) is 0 Å². The van der Waals surface area contributed by atoms with Crippen LogP contribution in [-0.2, 0) is 11.2 Å². The van der Waals surface area contributed by atoms with Crippen LogP contribution in [0.2, 0.25) is 0 Å². The van der Waals surface area contributed by atoms with Gasteiger partial charge in [-0.15, -0.1) is 0 Å². The molecule has 82 valence electrons. The van der Waals surface area contributed by atoms with E-state index >= 15 is 0 Å². The van der Waals surface area contributed by atoms with Crippen LogP contribution in [0.15, 0.2) is 6.07 Å². The van der Waals surface area contributed by atoms with Gasteiger partial charge in [0, 0.05) is 18.2 Å². The molecule has 0 bridgehead atoms. The number of aromatic amines is 1. The molecule has 3 nitrogen and oxygen atoms in total. The van der Waals surface area contributed by atoms with Crippen LogP contribution in [0.4, 0.5) is 0 Å². The number of nitrogens with zero attached hydrogens (tertiary/aromatic N) is 1. The maximum Gasteiger partial charge on any atom is 0.130 e.